The number of hydrogen-bond acceptors (Lipinski definition) is 4. The van der Waals surface area contributed by atoms with E-state index in [0.717, 1.165) is 4.57 Å². The van der Waals surface area contributed by atoms with Crippen molar-refractivity contribution in [2.24, 2.45) is 7.05 Å². The number of rotatable bonds is 1. The molecule has 2 heterocycles. The lowest BCUT2D eigenvalue weighted by Gasteiger charge is -2.10. The zero-order chi connectivity index (χ0) is 19.1. The first kappa shape index (κ1) is 17.3. The molecule has 0 N–H and O–H groups in total. The van der Waals surface area contributed by atoms with E-state index >= 15 is 0 Å². The smallest absolute Gasteiger partial charge is 0.279 e. The van der Waals surface area contributed by atoms with Gasteiger partial charge in [0.05, 0.1) is 16.2 Å². The lowest BCUT2D eigenvalue weighted by molar-refractivity contribution is 0.768. The second-order valence-electron chi connectivity index (χ2n) is 5.85. The molecule has 0 saturated carbocycles. The fraction of sp³-hybridized carbons (Fsp3) is 0.0500. The zero-order valence-corrected chi connectivity index (χ0v) is 15.7. The third-order valence-electron chi connectivity index (χ3n) is 4.33. The quantitative estimate of drug-likeness (QED) is 0.410. The average molecular weight is 394 g/mol. The van der Waals surface area contributed by atoms with Gasteiger partial charge in [0.1, 0.15) is 4.70 Å². The number of benzene rings is 2. The fourth-order valence-electron chi connectivity index (χ4n) is 2.73. The van der Waals surface area contributed by atoms with E-state index in [1.54, 1.807) is 25.2 Å². The van der Waals surface area contributed by atoms with Crippen molar-refractivity contribution in [3.63, 3.8) is 0 Å². The van der Waals surface area contributed by atoms with E-state index in [1.807, 2.05) is 0 Å². The molecule has 0 fully saturated rings. The second kappa shape index (κ2) is 6.54. The van der Waals surface area contributed by atoms with E-state index in [4.69, 9.17) is 18.0 Å². The highest BCUT2D eigenvalue weighted by molar-refractivity contribution is 7.16. The van der Waals surface area contributed by atoms with Gasteiger partial charge in [-0.25, -0.2) is 14.3 Å². The summed E-state index contributed by atoms with van der Waals surface area (Å²) in [6.07, 6.45) is 5.36. The van der Waals surface area contributed by atoms with Crippen LogP contribution >= 0.6 is 22.9 Å². The molecule has 3 aromatic rings. The first-order chi connectivity index (χ1) is 13.0. The largest absolute Gasteiger partial charge is 0.337 e. The predicted octanol–water partition coefficient (Wildman–Crippen LogP) is 3.45. The molecule has 2 aliphatic rings. The van der Waals surface area contributed by atoms with Crippen molar-refractivity contribution in [2.75, 3.05) is 0 Å². The van der Waals surface area contributed by atoms with Gasteiger partial charge in [-0.2, -0.15) is 0 Å². The summed E-state index contributed by atoms with van der Waals surface area (Å²) >= 11 is 7.38. The summed E-state index contributed by atoms with van der Waals surface area (Å²) in [5, 5.41) is 0.197. The topological polar surface area (TPSA) is 56.9 Å². The summed E-state index contributed by atoms with van der Waals surface area (Å²) in [5.74, 6) is 2.43. The number of thiazole rings is 1. The summed E-state index contributed by atoms with van der Waals surface area (Å²) in [5.41, 5.74) is 4.46. The maximum Gasteiger partial charge on any atom is 0.337 e. The molecule has 1 aromatic carbocycles. The predicted molar refractivity (Wildman–Crippen MR) is 109 cm³/mol. The van der Waals surface area contributed by atoms with Gasteiger partial charge >= 0.3 is 5.69 Å². The Morgan fingerprint density at radius 1 is 1.11 bits per heavy atom. The minimum atomic E-state index is -0.519. The lowest BCUT2D eigenvalue weighted by atomic mass is 9.95. The van der Waals surface area contributed by atoms with E-state index in [-0.39, 0.29) is 10.7 Å². The fourth-order valence-corrected chi connectivity index (χ4v) is 3.74. The van der Waals surface area contributed by atoms with Crippen molar-refractivity contribution in [3.8, 4) is 29.2 Å². The standard InChI is InChI=1S/C14H8ClN3O2S.C6H4/c1-3-8-5-4-6-9(10(8)15)18-13(19)11-12(16-7-21-11)17(2)14(18)20;1-2-6-4-3-5(1)6/h1,4-7H,2H3;1-4H. The number of nitrogens with zero attached hydrogens (tertiary/aromatic N) is 3. The van der Waals surface area contributed by atoms with Crippen molar-refractivity contribution in [1.82, 2.24) is 14.1 Å². The van der Waals surface area contributed by atoms with Gasteiger partial charge < -0.3 is 0 Å². The van der Waals surface area contributed by atoms with Gasteiger partial charge in [-0.15, -0.1) is 17.8 Å². The maximum absolute atomic E-state index is 12.5. The van der Waals surface area contributed by atoms with Crippen molar-refractivity contribution in [3.05, 3.63) is 79.4 Å². The molecule has 2 aromatic heterocycles. The number of hydrogen-bond donors (Lipinski definition) is 0. The minimum absolute atomic E-state index is 0.197. The molecule has 132 valence electrons. The van der Waals surface area contributed by atoms with E-state index in [0.29, 0.717) is 15.9 Å². The van der Waals surface area contributed by atoms with Crippen LogP contribution in [0.2, 0.25) is 5.02 Å². The van der Waals surface area contributed by atoms with Gasteiger partial charge in [0.2, 0.25) is 0 Å². The van der Waals surface area contributed by atoms with Crippen LogP contribution in [0.3, 0.4) is 0 Å². The van der Waals surface area contributed by atoms with E-state index in [9.17, 15) is 9.59 Å². The molecule has 0 spiro atoms. The minimum Gasteiger partial charge on any atom is -0.279 e. The Balaban J connectivity index is 0.000000250. The molecule has 27 heavy (non-hydrogen) atoms. The van der Waals surface area contributed by atoms with E-state index in [1.165, 1.54) is 32.5 Å². The summed E-state index contributed by atoms with van der Waals surface area (Å²) in [4.78, 5) is 29.0. The van der Waals surface area contributed by atoms with Crippen molar-refractivity contribution in [1.29, 1.82) is 0 Å². The molecule has 0 unspecified atom stereocenters. The summed E-state index contributed by atoms with van der Waals surface area (Å²) in [6, 6.07) is 13.4. The van der Waals surface area contributed by atoms with Crippen LogP contribution in [-0.2, 0) is 7.05 Å². The van der Waals surface area contributed by atoms with Crippen molar-refractivity contribution in [2.45, 2.75) is 0 Å². The maximum atomic E-state index is 12.5. The Morgan fingerprint density at radius 2 is 1.78 bits per heavy atom. The number of aryl methyl sites for hydroxylation is 1. The van der Waals surface area contributed by atoms with Crippen LogP contribution in [-0.4, -0.2) is 14.1 Å². The molecule has 0 atom stereocenters. The molecule has 0 aliphatic heterocycles. The normalized spacial score (nSPS) is 10.9. The van der Waals surface area contributed by atoms with E-state index in [2.05, 4.69) is 35.2 Å². The van der Waals surface area contributed by atoms with Crippen LogP contribution in [0.5, 0.6) is 0 Å². The highest BCUT2D eigenvalue weighted by Gasteiger charge is 2.17. The Bertz CT molecular complexity index is 1320. The number of fused-ring (bicyclic) bond motifs is 2. The van der Waals surface area contributed by atoms with Gasteiger partial charge in [-0.3, -0.25) is 9.36 Å². The first-order valence-electron chi connectivity index (χ1n) is 7.94. The monoisotopic (exact) mass is 393 g/mol. The van der Waals surface area contributed by atoms with Gasteiger partial charge in [-0.05, 0) is 23.3 Å². The van der Waals surface area contributed by atoms with Gasteiger partial charge in [0.25, 0.3) is 5.56 Å². The molecule has 0 saturated heterocycles. The van der Waals surface area contributed by atoms with Crippen LogP contribution in [0.15, 0.2) is 57.6 Å². The molecule has 0 bridgehead atoms. The van der Waals surface area contributed by atoms with Crippen LogP contribution < -0.4 is 11.2 Å². The molecular formula is C20H12ClN3O2S. The Kier molecular flexibility index (Phi) is 4.19. The van der Waals surface area contributed by atoms with Gasteiger partial charge in [0, 0.05) is 12.6 Å². The number of aromatic nitrogens is 3. The Labute approximate surface area is 163 Å². The molecule has 5 nitrogen and oxygen atoms in total. The summed E-state index contributed by atoms with van der Waals surface area (Å²) < 4.78 is 2.72. The average Bonchev–Trinajstić information content (AvgIpc) is 3.15. The van der Waals surface area contributed by atoms with Crippen molar-refractivity contribution >= 4 is 33.3 Å². The van der Waals surface area contributed by atoms with Crippen LogP contribution in [0, 0.1) is 12.3 Å². The molecule has 2 aliphatic carbocycles. The number of halogens is 1. The Hall–Kier alpha value is -3.14. The zero-order valence-electron chi connectivity index (χ0n) is 14.1. The van der Waals surface area contributed by atoms with Gasteiger partial charge in [0.15, 0.2) is 5.65 Å². The molecule has 0 radical (unpaired) electrons. The van der Waals surface area contributed by atoms with Crippen molar-refractivity contribution < 1.29 is 0 Å². The van der Waals surface area contributed by atoms with E-state index < -0.39 is 11.2 Å². The summed E-state index contributed by atoms with van der Waals surface area (Å²) in [6.45, 7) is 0. The van der Waals surface area contributed by atoms with Crippen LogP contribution in [0.4, 0.5) is 0 Å². The summed E-state index contributed by atoms with van der Waals surface area (Å²) in [7, 11) is 1.55. The lowest BCUT2D eigenvalue weighted by Crippen LogP contribution is -2.37. The highest BCUT2D eigenvalue weighted by atomic mass is 35.5. The molecule has 7 heteroatoms. The van der Waals surface area contributed by atoms with Gasteiger partial charge in [-0.1, -0.05) is 47.9 Å². The van der Waals surface area contributed by atoms with Crippen LogP contribution in [0.25, 0.3) is 27.2 Å². The molecule has 0 amide bonds. The third-order valence-corrected chi connectivity index (χ3v) is 5.54. The number of terminal acetylenes is 1. The first-order valence-corrected chi connectivity index (χ1v) is 9.20. The second-order valence-corrected chi connectivity index (χ2v) is 7.08. The molecular weight excluding hydrogens is 382 g/mol. The SMILES string of the molecule is C#Cc1cccc(-n2c(=O)c3scnc3n(C)c2=O)c1Cl.c1cc2ccc1-2. The molecule has 5 rings (SSSR count). The highest BCUT2D eigenvalue weighted by Crippen LogP contribution is 2.29. The third kappa shape index (κ3) is 2.69. The Morgan fingerprint density at radius 3 is 2.33 bits per heavy atom. The van der Waals surface area contributed by atoms with Crippen LogP contribution in [0.1, 0.15) is 5.56 Å².